The molecule has 1 aromatic carbocycles. The molecule has 0 aliphatic carbocycles. The lowest BCUT2D eigenvalue weighted by molar-refractivity contribution is 0.250. The molecule has 1 N–H and O–H groups in total. The highest BCUT2D eigenvalue weighted by atomic mass is 16.5. The SMILES string of the molecule is Cc1c2c(c(CC3CCCNC3)c3c1OC(C)C3)OC(C)C2. The van der Waals surface area contributed by atoms with Crippen LogP contribution in [-0.4, -0.2) is 25.3 Å². The number of hydrogen-bond acceptors (Lipinski definition) is 3. The smallest absolute Gasteiger partial charge is 0.127 e. The highest BCUT2D eigenvalue weighted by molar-refractivity contribution is 5.62. The Labute approximate surface area is 133 Å². The van der Waals surface area contributed by atoms with E-state index in [2.05, 4.69) is 26.1 Å². The summed E-state index contributed by atoms with van der Waals surface area (Å²) in [6, 6.07) is 0. The van der Waals surface area contributed by atoms with E-state index >= 15 is 0 Å². The second kappa shape index (κ2) is 5.45. The van der Waals surface area contributed by atoms with Gasteiger partial charge in [-0.25, -0.2) is 0 Å². The van der Waals surface area contributed by atoms with Crippen molar-refractivity contribution in [1.82, 2.24) is 5.32 Å². The van der Waals surface area contributed by atoms with Gasteiger partial charge in [0.15, 0.2) is 0 Å². The number of benzene rings is 1. The molecule has 0 spiro atoms. The first-order valence-electron chi connectivity index (χ1n) is 8.84. The second-order valence-corrected chi connectivity index (χ2v) is 7.40. The zero-order chi connectivity index (χ0) is 15.3. The molecular weight excluding hydrogens is 274 g/mol. The van der Waals surface area contributed by atoms with Gasteiger partial charge in [-0.2, -0.15) is 0 Å². The van der Waals surface area contributed by atoms with Crippen molar-refractivity contribution in [2.45, 2.75) is 65.1 Å². The van der Waals surface area contributed by atoms with Gasteiger partial charge in [-0.1, -0.05) is 0 Å². The first-order valence-corrected chi connectivity index (χ1v) is 8.84. The highest BCUT2D eigenvalue weighted by Gasteiger charge is 2.34. The summed E-state index contributed by atoms with van der Waals surface area (Å²) < 4.78 is 12.4. The summed E-state index contributed by atoms with van der Waals surface area (Å²) in [5.74, 6) is 3.11. The van der Waals surface area contributed by atoms with Crippen molar-refractivity contribution in [2.24, 2.45) is 5.92 Å². The Balaban J connectivity index is 1.76. The Bertz CT molecular complexity index is 551. The summed E-state index contributed by atoms with van der Waals surface area (Å²) >= 11 is 0. The average molecular weight is 301 g/mol. The monoisotopic (exact) mass is 301 g/mol. The first-order chi connectivity index (χ1) is 10.6. The third-order valence-electron chi connectivity index (χ3n) is 5.49. The molecule has 4 rings (SSSR count). The number of rotatable bonds is 2. The topological polar surface area (TPSA) is 30.5 Å². The summed E-state index contributed by atoms with van der Waals surface area (Å²) in [7, 11) is 0. The molecular formula is C19H27NO2. The van der Waals surface area contributed by atoms with Gasteiger partial charge < -0.3 is 14.8 Å². The molecule has 22 heavy (non-hydrogen) atoms. The zero-order valence-electron chi connectivity index (χ0n) is 14.0. The third kappa shape index (κ3) is 2.30. The number of nitrogens with one attached hydrogen (secondary N) is 1. The van der Waals surface area contributed by atoms with Crippen LogP contribution in [0.1, 0.15) is 48.9 Å². The molecule has 0 aromatic heterocycles. The fourth-order valence-electron chi connectivity index (χ4n) is 4.42. The first kappa shape index (κ1) is 14.4. The van der Waals surface area contributed by atoms with Crippen LogP contribution in [0.4, 0.5) is 0 Å². The van der Waals surface area contributed by atoms with E-state index in [0.29, 0.717) is 12.2 Å². The van der Waals surface area contributed by atoms with Crippen molar-refractivity contribution in [2.75, 3.05) is 13.1 Å². The summed E-state index contributed by atoms with van der Waals surface area (Å²) in [6.07, 6.45) is 6.44. The van der Waals surface area contributed by atoms with E-state index in [1.54, 1.807) is 0 Å². The van der Waals surface area contributed by atoms with Gasteiger partial charge in [0.25, 0.3) is 0 Å². The van der Waals surface area contributed by atoms with Crippen LogP contribution < -0.4 is 14.8 Å². The Morgan fingerprint density at radius 3 is 2.50 bits per heavy atom. The van der Waals surface area contributed by atoms with E-state index in [1.807, 2.05) is 0 Å². The Kier molecular flexibility index (Phi) is 3.56. The maximum atomic E-state index is 6.24. The van der Waals surface area contributed by atoms with E-state index in [4.69, 9.17) is 9.47 Å². The van der Waals surface area contributed by atoms with Crippen molar-refractivity contribution < 1.29 is 9.47 Å². The average Bonchev–Trinajstić information content (AvgIpc) is 3.08. The molecule has 1 aromatic rings. The van der Waals surface area contributed by atoms with Gasteiger partial charge in [-0.15, -0.1) is 0 Å². The van der Waals surface area contributed by atoms with Gasteiger partial charge in [0.2, 0.25) is 0 Å². The highest BCUT2D eigenvalue weighted by Crippen LogP contribution is 2.47. The molecule has 3 heterocycles. The van der Waals surface area contributed by atoms with E-state index in [-0.39, 0.29) is 0 Å². The van der Waals surface area contributed by atoms with Crippen LogP contribution in [0.3, 0.4) is 0 Å². The largest absolute Gasteiger partial charge is 0.490 e. The van der Waals surface area contributed by atoms with Crippen molar-refractivity contribution in [3.05, 3.63) is 22.3 Å². The minimum absolute atomic E-state index is 0.303. The number of hydrogen-bond donors (Lipinski definition) is 1. The summed E-state index contributed by atoms with van der Waals surface area (Å²) in [5.41, 5.74) is 5.62. The molecule has 3 nitrogen and oxygen atoms in total. The number of ether oxygens (including phenoxy) is 2. The quantitative estimate of drug-likeness (QED) is 0.910. The van der Waals surface area contributed by atoms with Gasteiger partial charge >= 0.3 is 0 Å². The summed E-state index contributed by atoms with van der Waals surface area (Å²) in [6.45, 7) is 8.89. The van der Waals surface area contributed by atoms with Crippen molar-refractivity contribution in [3.63, 3.8) is 0 Å². The van der Waals surface area contributed by atoms with Crippen molar-refractivity contribution in [1.29, 1.82) is 0 Å². The third-order valence-corrected chi connectivity index (χ3v) is 5.49. The lowest BCUT2D eigenvalue weighted by atomic mass is 9.86. The maximum Gasteiger partial charge on any atom is 0.127 e. The molecule has 3 aliphatic rings. The second-order valence-electron chi connectivity index (χ2n) is 7.40. The Hall–Kier alpha value is -1.22. The summed E-state index contributed by atoms with van der Waals surface area (Å²) in [4.78, 5) is 0. The van der Waals surface area contributed by atoms with Gasteiger partial charge in [-0.05, 0) is 64.6 Å². The lowest BCUT2D eigenvalue weighted by Gasteiger charge is -2.25. The van der Waals surface area contributed by atoms with E-state index in [9.17, 15) is 0 Å². The van der Waals surface area contributed by atoms with Gasteiger partial charge in [-0.3, -0.25) is 0 Å². The minimum atomic E-state index is 0.303. The van der Waals surface area contributed by atoms with Crippen LogP contribution in [0, 0.1) is 12.8 Å². The van der Waals surface area contributed by atoms with Crippen LogP contribution >= 0.6 is 0 Å². The molecule has 3 heteroatoms. The minimum Gasteiger partial charge on any atom is -0.490 e. The van der Waals surface area contributed by atoms with Crippen molar-refractivity contribution >= 4 is 0 Å². The maximum absolute atomic E-state index is 6.24. The molecule has 1 saturated heterocycles. The van der Waals surface area contributed by atoms with Gasteiger partial charge in [0.05, 0.1) is 0 Å². The predicted molar refractivity (Wildman–Crippen MR) is 88.1 cm³/mol. The molecule has 3 atom stereocenters. The van der Waals surface area contributed by atoms with Crippen LogP contribution in [0.25, 0.3) is 0 Å². The van der Waals surface area contributed by atoms with Crippen LogP contribution in [-0.2, 0) is 19.3 Å². The molecule has 3 unspecified atom stereocenters. The zero-order valence-corrected chi connectivity index (χ0v) is 14.0. The van der Waals surface area contributed by atoms with E-state index in [1.165, 1.54) is 53.1 Å². The van der Waals surface area contributed by atoms with Crippen LogP contribution in [0.15, 0.2) is 0 Å². The normalized spacial score (nSPS) is 29.7. The van der Waals surface area contributed by atoms with E-state index < -0.39 is 0 Å². The molecule has 1 fully saturated rings. The lowest BCUT2D eigenvalue weighted by Crippen LogP contribution is -2.31. The molecule has 120 valence electrons. The Morgan fingerprint density at radius 2 is 1.77 bits per heavy atom. The molecule has 3 aliphatic heterocycles. The van der Waals surface area contributed by atoms with Crippen LogP contribution in [0.5, 0.6) is 11.5 Å². The fourth-order valence-corrected chi connectivity index (χ4v) is 4.42. The van der Waals surface area contributed by atoms with Gasteiger partial charge in [0, 0.05) is 29.5 Å². The number of fused-ring (bicyclic) bond motifs is 2. The summed E-state index contributed by atoms with van der Waals surface area (Å²) in [5, 5.41) is 3.55. The molecule has 0 saturated carbocycles. The molecule has 0 bridgehead atoms. The Morgan fingerprint density at radius 1 is 1.05 bits per heavy atom. The van der Waals surface area contributed by atoms with E-state index in [0.717, 1.165) is 31.7 Å². The number of piperidine rings is 1. The van der Waals surface area contributed by atoms with Gasteiger partial charge in [0.1, 0.15) is 23.7 Å². The molecule has 0 amide bonds. The van der Waals surface area contributed by atoms with Crippen LogP contribution in [0.2, 0.25) is 0 Å². The standard InChI is InChI=1S/C19H27NO2/c1-11-7-15-13(3)18-16(8-12(2)21-18)17(19(15)22-11)9-14-5-4-6-20-10-14/h11-12,14,20H,4-10H2,1-3H3. The fraction of sp³-hybridized carbons (Fsp3) is 0.684. The van der Waals surface area contributed by atoms with Crippen molar-refractivity contribution in [3.8, 4) is 11.5 Å². The molecule has 0 radical (unpaired) electrons. The predicted octanol–water partition coefficient (Wildman–Crippen LogP) is 3.18.